The van der Waals surface area contributed by atoms with Crippen LogP contribution >= 0.6 is 0 Å². The molecule has 0 aliphatic heterocycles. The predicted molar refractivity (Wildman–Crippen MR) is 61.5 cm³/mol. The Kier molecular flexibility index (Phi) is 2.74. The number of nitriles is 1. The number of H-pyrrole nitrogens is 1. The fraction of sp³-hybridized carbons (Fsp3) is 0.0909. The number of aromatic nitrogens is 2. The Morgan fingerprint density at radius 3 is 2.94 bits per heavy atom. The topological polar surface area (TPSA) is 90.5 Å². The Labute approximate surface area is 92.9 Å². The van der Waals surface area contributed by atoms with Gasteiger partial charge in [-0.1, -0.05) is 0 Å². The summed E-state index contributed by atoms with van der Waals surface area (Å²) in [6, 6.07) is 9.09. The fourth-order valence-corrected chi connectivity index (χ4v) is 1.37. The van der Waals surface area contributed by atoms with Gasteiger partial charge in [-0.15, -0.1) is 0 Å². The van der Waals surface area contributed by atoms with E-state index in [0.717, 1.165) is 11.4 Å². The molecular formula is C11H11N5. The summed E-state index contributed by atoms with van der Waals surface area (Å²) < 4.78 is 0. The van der Waals surface area contributed by atoms with E-state index in [4.69, 9.17) is 11.0 Å². The van der Waals surface area contributed by atoms with Crippen molar-refractivity contribution in [2.45, 2.75) is 6.54 Å². The van der Waals surface area contributed by atoms with E-state index < -0.39 is 0 Å². The zero-order valence-electron chi connectivity index (χ0n) is 8.57. The monoisotopic (exact) mass is 213 g/mol. The Bertz CT molecular complexity index is 510. The van der Waals surface area contributed by atoms with Crippen molar-refractivity contribution >= 4 is 11.4 Å². The zero-order valence-corrected chi connectivity index (χ0v) is 8.57. The van der Waals surface area contributed by atoms with Crippen LogP contribution < -0.4 is 11.1 Å². The highest BCUT2D eigenvalue weighted by molar-refractivity contribution is 5.68. The van der Waals surface area contributed by atoms with Crippen molar-refractivity contribution in [3.8, 4) is 6.07 Å². The first-order valence-electron chi connectivity index (χ1n) is 4.81. The lowest BCUT2D eigenvalue weighted by Crippen LogP contribution is -2.03. The molecule has 0 spiro atoms. The van der Waals surface area contributed by atoms with Gasteiger partial charge in [0.15, 0.2) is 0 Å². The standard InChI is InChI=1S/C11H11N5/c12-6-8-1-2-11(10(13)5-8)14-7-9-3-4-15-16-9/h1-5,14H,7,13H2,(H,15,16). The Morgan fingerprint density at radius 2 is 2.31 bits per heavy atom. The van der Waals surface area contributed by atoms with Gasteiger partial charge in [-0.2, -0.15) is 10.4 Å². The SMILES string of the molecule is N#Cc1ccc(NCc2ccn[nH]2)c(N)c1. The third-order valence-electron chi connectivity index (χ3n) is 2.21. The summed E-state index contributed by atoms with van der Waals surface area (Å²) in [6.45, 7) is 0.621. The van der Waals surface area contributed by atoms with Crippen LogP contribution in [0.3, 0.4) is 0 Å². The summed E-state index contributed by atoms with van der Waals surface area (Å²) in [6.07, 6.45) is 1.69. The first-order valence-corrected chi connectivity index (χ1v) is 4.81. The van der Waals surface area contributed by atoms with E-state index in [-0.39, 0.29) is 0 Å². The largest absolute Gasteiger partial charge is 0.397 e. The number of nitrogens with two attached hydrogens (primary N) is 1. The molecule has 16 heavy (non-hydrogen) atoms. The van der Waals surface area contributed by atoms with Gasteiger partial charge in [0.05, 0.1) is 35.2 Å². The van der Waals surface area contributed by atoms with Crippen LogP contribution in [0.25, 0.3) is 0 Å². The third kappa shape index (κ3) is 2.12. The minimum Gasteiger partial charge on any atom is -0.397 e. The van der Waals surface area contributed by atoms with E-state index in [9.17, 15) is 0 Å². The normalized spacial score (nSPS) is 9.69. The molecule has 0 fully saturated rings. The quantitative estimate of drug-likeness (QED) is 0.673. The van der Waals surface area contributed by atoms with Gasteiger partial charge in [-0.25, -0.2) is 0 Å². The highest BCUT2D eigenvalue weighted by atomic mass is 15.1. The molecule has 5 heteroatoms. The molecule has 4 N–H and O–H groups in total. The van der Waals surface area contributed by atoms with E-state index in [1.165, 1.54) is 0 Å². The average molecular weight is 213 g/mol. The lowest BCUT2D eigenvalue weighted by Gasteiger charge is -2.07. The molecule has 0 saturated heterocycles. The van der Waals surface area contributed by atoms with Gasteiger partial charge in [0.2, 0.25) is 0 Å². The molecule has 0 unspecified atom stereocenters. The van der Waals surface area contributed by atoms with Gasteiger partial charge in [0.1, 0.15) is 0 Å². The number of nitrogen functional groups attached to an aromatic ring is 1. The molecule has 0 atom stereocenters. The van der Waals surface area contributed by atoms with E-state index in [1.807, 2.05) is 12.1 Å². The second-order valence-corrected chi connectivity index (χ2v) is 3.35. The Hall–Kier alpha value is -2.48. The molecule has 1 heterocycles. The van der Waals surface area contributed by atoms with Crippen LogP contribution in [0.15, 0.2) is 30.5 Å². The van der Waals surface area contributed by atoms with Crippen LogP contribution in [0, 0.1) is 11.3 Å². The summed E-state index contributed by atoms with van der Waals surface area (Å²) in [5.74, 6) is 0. The van der Waals surface area contributed by atoms with Crippen molar-refractivity contribution in [3.05, 3.63) is 41.7 Å². The van der Waals surface area contributed by atoms with E-state index in [1.54, 1.807) is 24.4 Å². The van der Waals surface area contributed by atoms with Crippen molar-refractivity contribution in [2.24, 2.45) is 0 Å². The summed E-state index contributed by atoms with van der Waals surface area (Å²) in [5, 5.41) is 18.5. The summed E-state index contributed by atoms with van der Waals surface area (Å²) in [7, 11) is 0. The van der Waals surface area contributed by atoms with Gasteiger partial charge < -0.3 is 11.1 Å². The number of hydrogen-bond donors (Lipinski definition) is 3. The van der Waals surface area contributed by atoms with Crippen molar-refractivity contribution in [1.29, 1.82) is 5.26 Å². The van der Waals surface area contributed by atoms with E-state index >= 15 is 0 Å². The number of anilines is 2. The van der Waals surface area contributed by atoms with Crippen molar-refractivity contribution in [3.63, 3.8) is 0 Å². The molecule has 2 rings (SSSR count). The average Bonchev–Trinajstić information content (AvgIpc) is 2.80. The molecule has 1 aromatic heterocycles. The molecule has 0 bridgehead atoms. The number of nitrogens with one attached hydrogen (secondary N) is 2. The van der Waals surface area contributed by atoms with Crippen LogP contribution in [0.2, 0.25) is 0 Å². The maximum Gasteiger partial charge on any atom is 0.0992 e. The number of aromatic amines is 1. The lowest BCUT2D eigenvalue weighted by molar-refractivity contribution is 0.982. The summed E-state index contributed by atoms with van der Waals surface area (Å²) >= 11 is 0. The lowest BCUT2D eigenvalue weighted by atomic mass is 10.2. The van der Waals surface area contributed by atoms with Gasteiger partial charge >= 0.3 is 0 Å². The highest BCUT2D eigenvalue weighted by Gasteiger charge is 2.00. The molecule has 0 aliphatic rings. The molecule has 0 saturated carbocycles. The number of nitrogens with zero attached hydrogens (tertiary/aromatic N) is 2. The molecular weight excluding hydrogens is 202 g/mol. The molecule has 80 valence electrons. The van der Waals surface area contributed by atoms with E-state index in [0.29, 0.717) is 17.8 Å². The maximum atomic E-state index is 8.69. The predicted octanol–water partition coefficient (Wildman–Crippen LogP) is 1.48. The molecule has 0 amide bonds. The van der Waals surface area contributed by atoms with Crippen LogP contribution in [0.5, 0.6) is 0 Å². The van der Waals surface area contributed by atoms with Gasteiger partial charge in [0, 0.05) is 6.20 Å². The smallest absolute Gasteiger partial charge is 0.0992 e. The second kappa shape index (κ2) is 4.36. The summed E-state index contributed by atoms with van der Waals surface area (Å²) in [5.41, 5.74) is 8.71. The van der Waals surface area contributed by atoms with Crippen LogP contribution in [-0.2, 0) is 6.54 Å². The third-order valence-corrected chi connectivity index (χ3v) is 2.21. The molecule has 0 aliphatic carbocycles. The summed E-state index contributed by atoms with van der Waals surface area (Å²) in [4.78, 5) is 0. The first-order chi connectivity index (χ1) is 7.79. The molecule has 1 aromatic carbocycles. The van der Waals surface area contributed by atoms with Crippen LogP contribution in [0.1, 0.15) is 11.3 Å². The van der Waals surface area contributed by atoms with Crippen molar-refractivity contribution < 1.29 is 0 Å². The Morgan fingerprint density at radius 1 is 1.44 bits per heavy atom. The van der Waals surface area contributed by atoms with E-state index in [2.05, 4.69) is 15.5 Å². The minimum atomic E-state index is 0.560. The maximum absolute atomic E-state index is 8.69. The van der Waals surface area contributed by atoms with Gasteiger partial charge in [-0.3, -0.25) is 5.10 Å². The fourth-order valence-electron chi connectivity index (χ4n) is 1.37. The van der Waals surface area contributed by atoms with Crippen LogP contribution in [0.4, 0.5) is 11.4 Å². The number of benzene rings is 1. The molecule has 0 radical (unpaired) electrons. The molecule has 2 aromatic rings. The first kappa shape index (κ1) is 10.1. The van der Waals surface area contributed by atoms with Crippen molar-refractivity contribution in [1.82, 2.24) is 10.2 Å². The molecule has 5 nitrogen and oxygen atoms in total. The number of rotatable bonds is 3. The minimum absolute atomic E-state index is 0.560. The van der Waals surface area contributed by atoms with Crippen LogP contribution in [-0.4, -0.2) is 10.2 Å². The van der Waals surface area contributed by atoms with Crippen molar-refractivity contribution in [2.75, 3.05) is 11.1 Å². The Balaban J connectivity index is 2.08. The second-order valence-electron chi connectivity index (χ2n) is 3.35. The highest BCUT2D eigenvalue weighted by Crippen LogP contribution is 2.19. The number of hydrogen-bond acceptors (Lipinski definition) is 4. The zero-order chi connectivity index (χ0) is 11.4. The van der Waals surface area contributed by atoms with Gasteiger partial charge in [-0.05, 0) is 24.3 Å². The van der Waals surface area contributed by atoms with Gasteiger partial charge in [0.25, 0.3) is 0 Å².